The van der Waals surface area contributed by atoms with E-state index >= 15 is 0 Å². The maximum atomic E-state index is 5.96. The third kappa shape index (κ3) is 3.19. The minimum absolute atomic E-state index is 0.574. The van der Waals surface area contributed by atoms with E-state index in [1.54, 1.807) is 18.5 Å². The molecule has 2 N–H and O–H groups in total. The Morgan fingerprint density at radius 2 is 2.18 bits per heavy atom. The van der Waals surface area contributed by atoms with Gasteiger partial charge < -0.3 is 10.5 Å². The van der Waals surface area contributed by atoms with E-state index in [1.165, 1.54) is 0 Å². The smallest absolute Gasteiger partial charge is 0.145 e. The van der Waals surface area contributed by atoms with Crippen LogP contribution in [0.3, 0.4) is 0 Å². The third-order valence-electron chi connectivity index (χ3n) is 2.31. The molecular weight excluding hydrogens is 236 g/mol. The second-order valence-electron chi connectivity index (χ2n) is 3.58. The number of halogens is 1. The highest BCUT2D eigenvalue weighted by atomic mass is 35.5. The van der Waals surface area contributed by atoms with Gasteiger partial charge in [-0.25, -0.2) is 0 Å². The summed E-state index contributed by atoms with van der Waals surface area (Å²) in [4.78, 5) is 4.00. The van der Waals surface area contributed by atoms with E-state index < -0.39 is 0 Å². The number of ether oxygens (including phenoxy) is 1. The first-order valence-electron chi connectivity index (χ1n) is 5.36. The van der Waals surface area contributed by atoms with Crippen LogP contribution >= 0.6 is 11.6 Å². The van der Waals surface area contributed by atoms with Crippen molar-refractivity contribution >= 4 is 11.6 Å². The molecule has 17 heavy (non-hydrogen) atoms. The van der Waals surface area contributed by atoms with Gasteiger partial charge in [-0.15, -0.1) is 0 Å². The van der Waals surface area contributed by atoms with E-state index in [9.17, 15) is 0 Å². The number of aromatic nitrogens is 1. The van der Waals surface area contributed by atoms with Gasteiger partial charge >= 0.3 is 0 Å². The molecule has 0 amide bonds. The molecule has 4 heteroatoms. The molecule has 1 heterocycles. The van der Waals surface area contributed by atoms with Gasteiger partial charge in [0.1, 0.15) is 11.5 Å². The van der Waals surface area contributed by atoms with Crippen LogP contribution in [0.2, 0.25) is 5.02 Å². The Morgan fingerprint density at radius 3 is 2.88 bits per heavy atom. The monoisotopic (exact) mass is 248 g/mol. The molecule has 88 valence electrons. The summed E-state index contributed by atoms with van der Waals surface area (Å²) in [6.45, 7) is 0.574. The van der Waals surface area contributed by atoms with E-state index in [-0.39, 0.29) is 0 Å². The second-order valence-corrected chi connectivity index (χ2v) is 4.02. The summed E-state index contributed by atoms with van der Waals surface area (Å²) in [5.41, 5.74) is 6.60. The Morgan fingerprint density at radius 1 is 1.29 bits per heavy atom. The van der Waals surface area contributed by atoms with Crippen molar-refractivity contribution < 1.29 is 4.74 Å². The lowest BCUT2D eigenvalue weighted by molar-refractivity contribution is 0.474. The minimum atomic E-state index is 0.574. The molecule has 0 bridgehead atoms. The zero-order chi connectivity index (χ0) is 12.1. The van der Waals surface area contributed by atoms with Gasteiger partial charge in [-0.1, -0.05) is 17.7 Å². The molecule has 0 atom stereocenters. The van der Waals surface area contributed by atoms with Gasteiger partial charge in [0.05, 0.1) is 6.20 Å². The van der Waals surface area contributed by atoms with Crippen molar-refractivity contribution in [2.75, 3.05) is 6.54 Å². The predicted octanol–water partition coefficient (Wildman–Crippen LogP) is 3.03. The van der Waals surface area contributed by atoms with Gasteiger partial charge in [0.25, 0.3) is 0 Å². The van der Waals surface area contributed by atoms with Crippen LogP contribution in [-0.4, -0.2) is 11.5 Å². The predicted molar refractivity (Wildman–Crippen MR) is 68.5 cm³/mol. The number of nitrogens with two attached hydrogens (primary N) is 1. The zero-order valence-corrected chi connectivity index (χ0v) is 10.0. The summed E-state index contributed by atoms with van der Waals surface area (Å²) in [5.74, 6) is 1.42. The standard InChI is InChI=1S/C13H13ClN2O/c14-11-4-3-10(5-6-15)13(8-11)17-12-2-1-7-16-9-12/h1-4,7-9H,5-6,15H2. The first-order valence-corrected chi connectivity index (χ1v) is 5.74. The van der Waals surface area contributed by atoms with E-state index in [1.807, 2.05) is 24.3 Å². The first kappa shape index (κ1) is 11.9. The fourth-order valence-corrected chi connectivity index (χ4v) is 1.68. The molecule has 0 aliphatic carbocycles. The number of hydrogen-bond donors (Lipinski definition) is 1. The highest BCUT2D eigenvalue weighted by Gasteiger charge is 2.05. The highest BCUT2D eigenvalue weighted by molar-refractivity contribution is 6.30. The molecule has 0 aliphatic heterocycles. The molecule has 1 aromatic heterocycles. The van der Waals surface area contributed by atoms with Gasteiger partial charge in [0, 0.05) is 11.2 Å². The summed E-state index contributed by atoms with van der Waals surface area (Å²) in [5, 5.41) is 0.643. The number of nitrogens with zero attached hydrogens (tertiary/aromatic N) is 1. The van der Waals surface area contributed by atoms with Crippen LogP contribution in [0.4, 0.5) is 0 Å². The Bertz CT molecular complexity index is 488. The Kier molecular flexibility index (Phi) is 3.96. The van der Waals surface area contributed by atoms with Crippen LogP contribution < -0.4 is 10.5 Å². The van der Waals surface area contributed by atoms with Crippen LogP contribution in [0.15, 0.2) is 42.7 Å². The van der Waals surface area contributed by atoms with Crippen molar-refractivity contribution in [1.82, 2.24) is 4.98 Å². The first-order chi connectivity index (χ1) is 8.29. The number of benzene rings is 1. The van der Waals surface area contributed by atoms with Crippen molar-refractivity contribution in [2.45, 2.75) is 6.42 Å². The molecule has 2 aromatic rings. The number of hydrogen-bond acceptors (Lipinski definition) is 3. The third-order valence-corrected chi connectivity index (χ3v) is 2.54. The largest absolute Gasteiger partial charge is 0.455 e. The molecule has 3 nitrogen and oxygen atoms in total. The van der Waals surface area contributed by atoms with E-state index in [0.29, 0.717) is 17.3 Å². The number of rotatable bonds is 4. The Balaban J connectivity index is 2.27. The summed E-state index contributed by atoms with van der Waals surface area (Å²) < 4.78 is 5.74. The zero-order valence-electron chi connectivity index (χ0n) is 9.27. The fraction of sp³-hybridized carbons (Fsp3) is 0.154. The summed E-state index contributed by atoms with van der Waals surface area (Å²) in [7, 11) is 0. The second kappa shape index (κ2) is 5.66. The molecule has 2 rings (SSSR count). The quantitative estimate of drug-likeness (QED) is 0.905. The summed E-state index contributed by atoms with van der Waals surface area (Å²) in [6, 6.07) is 9.23. The maximum Gasteiger partial charge on any atom is 0.145 e. The molecular formula is C13H13ClN2O. The van der Waals surface area contributed by atoms with Crippen molar-refractivity contribution in [3.63, 3.8) is 0 Å². The normalized spacial score (nSPS) is 10.2. The van der Waals surface area contributed by atoms with Crippen molar-refractivity contribution in [3.05, 3.63) is 53.3 Å². The van der Waals surface area contributed by atoms with Crippen molar-refractivity contribution in [3.8, 4) is 11.5 Å². The van der Waals surface area contributed by atoms with E-state index in [4.69, 9.17) is 22.1 Å². The van der Waals surface area contributed by atoms with Crippen LogP contribution in [0, 0.1) is 0 Å². The van der Waals surface area contributed by atoms with Gasteiger partial charge in [0.15, 0.2) is 0 Å². The van der Waals surface area contributed by atoms with Gasteiger partial charge in [-0.2, -0.15) is 0 Å². The van der Waals surface area contributed by atoms with Gasteiger partial charge in [0.2, 0.25) is 0 Å². The lowest BCUT2D eigenvalue weighted by Crippen LogP contribution is -2.04. The van der Waals surface area contributed by atoms with Crippen LogP contribution in [0.1, 0.15) is 5.56 Å². The Hall–Kier alpha value is -1.58. The van der Waals surface area contributed by atoms with Crippen LogP contribution in [-0.2, 0) is 6.42 Å². The number of pyridine rings is 1. The summed E-state index contributed by atoms with van der Waals surface area (Å²) >= 11 is 5.96. The lowest BCUT2D eigenvalue weighted by atomic mass is 10.1. The molecule has 0 unspecified atom stereocenters. The average molecular weight is 249 g/mol. The topological polar surface area (TPSA) is 48.1 Å². The van der Waals surface area contributed by atoms with Crippen LogP contribution in [0.25, 0.3) is 0 Å². The molecule has 0 radical (unpaired) electrons. The SMILES string of the molecule is NCCc1ccc(Cl)cc1Oc1cccnc1. The van der Waals surface area contributed by atoms with E-state index in [2.05, 4.69) is 4.98 Å². The minimum Gasteiger partial charge on any atom is -0.455 e. The molecule has 0 saturated carbocycles. The van der Waals surface area contributed by atoms with Crippen molar-refractivity contribution in [1.29, 1.82) is 0 Å². The van der Waals surface area contributed by atoms with Crippen molar-refractivity contribution in [2.24, 2.45) is 5.73 Å². The molecule has 0 spiro atoms. The van der Waals surface area contributed by atoms with E-state index in [0.717, 1.165) is 17.7 Å². The summed E-state index contributed by atoms with van der Waals surface area (Å²) in [6.07, 6.45) is 4.12. The van der Waals surface area contributed by atoms with Gasteiger partial charge in [-0.05, 0) is 42.8 Å². The van der Waals surface area contributed by atoms with Crippen LogP contribution in [0.5, 0.6) is 11.5 Å². The highest BCUT2D eigenvalue weighted by Crippen LogP contribution is 2.28. The maximum absolute atomic E-state index is 5.96. The lowest BCUT2D eigenvalue weighted by Gasteiger charge is -2.10. The molecule has 1 aromatic carbocycles. The average Bonchev–Trinajstić information content (AvgIpc) is 2.34. The van der Waals surface area contributed by atoms with Gasteiger partial charge in [-0.3, -0.25) is 4.98 Å². The molecule has 0 saturated heterocycles. The molecule has 0 aliphatic rings. The Labute approximate surface area is 105 Å². The fourth-order valence-electron chi connectivity index (χ4n) is 1.52. The molecule has 0 fully saturated rings.